The Bertz CT molecular complexity index is 1050. The average Bonchev–Trinajstić information content (AvgIpc) is 2.75. The highest BCUT2D eigenvalue weighted by Gasteiger charge is 2.11. The molecule has 152 valence electrons. The molecule has 30 heavy (non-hydrogen) atoms. The zero-order chi connectivity index (χ0) is 21.3. The van der Waals surface area contributed by atoms with Crippen molar-refractivity contribution in [2.24, 2.45) is 5.10 Å². The fourth-order valence-electron chi connectivity index (χ4n) is 2.30. The summed E-state index contributed by atoms with van der Waals surface area (Å²) in [5.74, 6) is -0.705. The summed E-state index contributed by atoms with van der Waals surface area (Å²) in [5, 5.41) is 4.14. The Hall–Kier alpha value is -3.71. The van der Waals surface area contributed by atoms with Gasteiger partial charge in [0, 0.05) is 0 Å². The van der Waals surface area contributed by atoms with Crippen LogP contribution in [0.3, 0.4) is 0 Å². The number of hydrogen-bond acceptors (Lipinski definition) is 5. The van der Waals surface area contributed by atoms with Crippen molar-refractivity contribution in [3.8, 4) is 11.5 Å². The summed E-state index contributed by atoms with van der Waals surface area (Å²) in [5.41, 5.74) is 3.27. The van der Waals surface area contributed by atoms with E-state index in [1.807, 2.05) is 0 Å². The van der Waals surface area contributed by atoms with Crippen LogP contribution in [0.15, 0.2) is 77.9 Å². The number of amides is 1. The van der Waals surface area contributed by atoms with Gasteiger partial charge in [-0.1, -0.05) is 23.7 Å². The van der Waals surface area contributed by atoms with Crippen LogP contribution in [0.5, 0.6) is 11.5 Å². The molecule has 0 heterocycles. The van der Waals surface area contributed by atoms with Crippen LogP contribution in [0.2, 0.25) is 5.02 Å². The number of ether oxygens (including phenoxy) is 2. The van der Waals surface area contributed by atoms with Gasteiger partial charge in [0.25, 0.3) is 5.91 Å². The Morgan fingerprint density at radius 1 is 0.967 bits per heavy atom. The van der Waals surface area contributed by atoms with E-state index < -0.39 is 11.9 Å². The predicted octanol–water partition coefficient (Wildman–Crippen LogP) is 4.23. The fourth-order valence-corrected chi connectivity index (χ4v) is 2.51. The smallest absolute Gasteiger partial charge is 0.345 e. The summed E-state index contributed by atoms with van der Waals surface area (Å²) in [6, 6.07) is 18.4. The standard InChI is InChI=1S/C22H16ClFN2O4/c23-20-4-2-1-3-19(20)22(28)30-18-9-5-15(6-10-18)13-25-26-21(27)14-29-17-11-7-16(24)8-12-17/h1-13H,14H2,(H,26,27). The van der Waals surface area contributed by atoms with Gasteiger partial charge in [-0.15, -0.1) is 0 Å². The van der Waals surface area contributed by atoms with Crippen molar-refractivity contribution >= 4 is 29.7 Å². The van der Waals surface area contributed by atoms with Crippen molar-refractivity contribution in [2.45, 2.75) is 0 Å². The van der Waals surface area contributed by atoms with E-state index in [0.29, 0.717) is 22.1 Å². The van der Waals surface area contributed by atoms with Crippen molar-refractivity contribution in [1.29, 1.82) is 0 Å². The highest BCUT2D eigenvalue weighted by atomic mass is 35.5. The van der Waals surface area contributed by atoms with Gasteiger partial charge < -0.3 is 9.47 Å². The van der Waals surface area contributed by atoms with Crippen LogP contribution in [-0.4, -0.2) is 24.7 Å². The molecule has 0 aliphatic heterocycles. The number of nitrogens with one attached hydrogen (secondary N) is 1. The minimum Gasteiger partial charge on any atom is -0.484 e. The molecule has 6 nitrogen and oxygen atoms in total. The van der Waals surface area contributed by atoms with Gasteiger partial charge in [0.2, 0.25) is 0 Å². The van der Waals surface area contributed by atoms with Crippen LogP contribution in [0.25, 0.3) is 0 Å². The molecule has 3 aromatic carbocycles. The number of carbonyl (C=O) groups is 2. The predicted molar refractivity (Wildman–Crippen MR) is 110 cm³/mol. The SMILES string of the molecule is O=C(COc1ccc(F)cc1)NN=Cc1ccc(OC(=O)c2ccccc2Cl)cc1. The molecule has 0 spiro atoms. The monoisotopic (exact) mass is 426 g/mol. The molecular weight excluding hydrogens is 411 g/mol. The molecule has 0 bridgehead atoms. The first-order valence-corrected chi connectivity index (χ1v) is 9.16. The van der Waals surface area contributed by atoms with E-state index in [2.05, 4.69) is 10.5 Å². The lowest BCUT2D eigenvalue weighted by Gasteiger charge is -2.06. The van der Waals surface area contributed by atoms with Crippen LogP contribution < -0.4 is 14.9 Å². The van der Waals surface area contributed by atoms with Gasteiger partial charge in [0.15, 0.2) is 6.61 Å². The number of hydrazone groups is 1. The first-order valence-electron chi connectivity index (χ1n) is 8.78. The molecule has 0 aromatic heterocycles. The number of halogens is 2. The van der Waals surface area contributed by atoms with Gasteiger partial charge in [0.05, 0.1) is 16.8 Å². The molecule has 0 aliphatic carbocycles. The van der Waals surface area contributed by atoms with E-state index in [0.717, 1.165) is 0 Å². The molecule has 1 N–H and O–H groups in total. The number of rotatable bonds is 7. The number of esters is 1. The lowest BCUT2D eigenvalue weighted by atomic mass is 10.2. The molecule has 0 saturated heterocycles. The zero-order valence-electron chi connectivity index (χ0n) is 15.5. The van der Waals surface area contributed by atoms with E-state index >= 15 is 0 Å². The summed E-state index contributed by atoms with van der Waals surface area (Å²) in [6.07, 6.45) is 1.43. The lowest BCUT2D eigenvalue weighted by molar-refractivity contribution is -0.123. The highest BCUT2D eigenvalue weighted by molar-refractivity contribution is 6.33. The largest absolute Gasteiger partial charge is 0.484 e. The first-order chi connectivity index (χ1) is 14.5. The molecule has 0 fully saturated rings. The Morgan fingerprint density at radius 3 is 2.33 bits per heavy atom. The van der Waals surface area contributed by atoms with Gasteiger partial charge in [0.1, 0.15) is 17.3 Å². The van der Waals surface area contributed by atoms with Gasteiger partial charge in [-0.25, -0.2) is 14.6 Å². The summed E-state index contributed by atoms with van der Waals surface area (Å²) in [6.45, 7) is -0.264. The minimum atomic E-state index is -0.560. The molecule has 0 unspecified atom stereocenters. The third-order valence-corrected chi connectivity index (χ3v) is 4.10. The Morgan fingerprint density at radius 2 is 1.63 bits per heavy atom. The maximum absolute atomic E-state index is 12.8. The van der Waals surface area contributed by atoms with Crippen LogP contribution in [0, 0.1) is 5.82 Å². The summed E-state index contributed by atoms with van der Waals surface area (Å²) >= 11 is 5.98. The fraction of sp³-hybridized carbons (Fsp3) is 0.0455. The molecule has 0 aliphatic rings. The molecule has 3 aromatic rings. The van der Waals surface area contributed by atoms with Crippen molar-refractivity contribution in [3.05, 3.63) is 94.8 Å². The summed E-state index contributed by atoms with van der Waals surface area (Å²) in [4.78, 5) is 23.9. The topological polar surface area (TPSA) is 77.0 Å². The summed E-state index contributed by atoms with van der Waals surface area (Å²) < 4.78 is 23.3. The van der Waals surface area contributed by atoms with Gasteiger partial charge in [-0.05, 0) is 66.2 Å². The Labute approximate surface area is 176 Å². The van der Waals surface area contributed by atoms with Crippen molar-refractivity contribution in [3.63, 3.8) is 0 Å². The van der Waals surface area contributed by atoms with Crippen LogP contribution >= 0.6 is 11.6 Å². The Kier molecular flexibility index (Phi) is 7.13. The van der Waals surface area contributed by atoms with Crippen LogP contribution in [0.1, 0.15) is 15.9 Å². The minimum absolute atomic E-state index is 0.264. The van der Waals surface area contributed by atoms with Gasteiger partial charge in [-0.2, -0.15) is 5.10 Å². The van der Waals surface area contributed by atoms with E-state index in [1.54, 1.807) is 48.5 Å². The second-order valence-corrected chi connectivity index (χ2v) is 6.38. The van der Waals surface area contributed by atoms with Crippen LogP contribution in [-0.2, 0) is 4.79 Å². The van der Waals surface area contributed by atoms with E-state index in [4.69, 9.17) is 21.1 Å². The number of carbonyl (C=O) groups excluding carboxylic acids is 2. The third kappa shape index (κ3) is 6.15. The maximum Gasteiger partial charge on any atom is 0.345 e. The second-order valence-electron chi connectivity index (χ2n) is 5.97. The lowest BCUT2D eigenvalue weighted by Crippen LogP contribution is -2.24. The average molecular weight is 427 g/mol. The van der Waals surface area contributed by atoms with Crippen LogP contribution in [0.4, 0.5) is 4.39 Å². The molecule has 0 saturated carbocycles. The Balaban J connectivity index is 1.47. The molecule has 8 heteroatoms. The third-order valence-electron chi connectivity index (χ3n) is 3.77. The molecule has 3 rings (SSSR count). The van der Waals surface area contributed by atoms with E-state index in [1.165, 1.54) is 30.5 Å². The van der Waals surface area contributed by atoms with Gasteiger partial charge >= 0.3 is 5.97 Å². The maximum atomic E-state index is 12.8. The first kappa shape index (κ1) is 21.0. The second kappa shape index (κ2) is 10.2. The number of nitrogens with zero attached hydrogens (tertiary/aromatic N) is 1. The van der Waals surface area contributed by atoms with E-state index in [-0.39, 0.29) is 18.0 Å². The van der Waals surface area contributed by atoms with Crippen molar-refractivity contribution in [2.75, 3.05) is 6.61 Å². The van der Waals surface area contributed by atoms with E-state index in [9.17, 15) is 14.0 Å². The quantitative estimate of drug-likeness (QED) is 0.265. The normalized spacial score (nSPS) is 10.6. The van der Waals surface area contributed by atoms with Gasteiger partial charge in [-0.3, -0.25) is 4.79 Å². The molecule has 0 atom stereocenters. The number of benzene rings is 3. The highest BCUT2D eigenvalue weighted by Crippen LogP contribution is 2.19. The molecular formula is C22H16ClFN2O4. The molecule has 1 amide bonds. The molecule has 0 radical (unpaired) electrons. The number of hydrogen-bond donors (Lipinski definition) is 1. The zero-order valence-corrected chi connectivity index (χ0v) is 16.3. The summed E-state index contributed by atoms with van der Waals surface area (Å²) in [7, 11) is 0. The van der Waals surface area contributed by atoms with Crippen molar-refractivity contribution < 1.29 is 23.5 Å². The van der Waals surface area contributed by atoms with Crippen molar-refractivity contribution in [1.82, 2.24) is 5.43 Å².